The fraction of sp³-hybridized carbons (Fsp3) is 0.324. The second-order valence-electron chi connectivity index (χ2n) is 11.9. The van der Waals surface area contributed by atoms with E-state index < -0.39 is 53.2 Å². The Labute approximate surface area is 277 Å². The molecule has 14 heteroatoms. The van der Waals surface area contributed by atoms with Gasteiger partial charge in [-0.05, 0) is 61.6 Å². The van der Waals surface area contributed by atoms with Crippen LogP contribution in [0.25, 0.3) is 6.08 Å². The van der Waals surface area contributed by atoms with E-state index in [0.29, 0.717) is 17.2 Å². The molecule has 2 aromatic rings. The Hall–Kier alpha value is -4.91. The topological polar surface area (TPSA) is 126 Å². The van der Waals surface area contributed by atoms with Gasteiger partial charge in [0.05, 0.1) is 31.1 Å². The van der Waals surface area contributed by atoms with Gasteiger partial charge in [-0.1, -0.05) is 35.4 Å². The molecule has 1 aliphatic heterocycles. The fourth-order valence-corrected chi connectivity index (χ4v) is 7.29. The minimum Gasteiger partial charge on any atom is -0.502 e. The molecule has 4 atom stereocenters. The summed E-state index contributed by atoms with van der Waals surface area (Å²) < 4.78 is 50.9. The molecule has 4 unspecified atom stereocenters. The van der Waals surface area contributed by atoms with Crippen molar-refractivity contribution in [2.75, 3.05) is 26.3 Å². The van der Waals surface area contributed by atoms with Gasteiger partial charge < -0.3 is 14.6 Å². The van der Waals surface area contributed by atoms with E-state index in [0.717, 1.165) is 16.1 Å². The molecule has 48 heavy (non-hydrogen) atoms. The molecule has 6 rings (SSSR count). The predicted octanol–water partition coefficient (Wildman–Crippen LogP) is 5.50. The van der Waals surface area contributed by atoms with Crippen LogP contribution in [-0.4, -0.2) is 59.7 Å². The Morgan fingerprint density at radius 2 is 1.73 bits per heavy atom. The summed E-state index contributed by atoms with van der Waals surface area (Å²) in [6.07, 6.45) is 1.82. The highest BCUT2D eigenvalue weighted by Crippen LogP contribution is 2.53. The molecule has 10 nitrogen and oxygen atoms in total. The number of halogens is 4. The lowest BCUT2D eigenvalue weighted by Gasteiger charge is -2.41. The van der Waals surface area contributed by atoms with Crippen LogP contribution in [0, 0.1) is 23.7 Å². The molecule has 0 radical (unpaired) electrons. The summed E-state index contributed by atoms with van der Waals surface area (Å²) in [5.74, 6) is -5.63. The molecule has 250 valence electrons. The van der Waals surface area contributed by atoms with Crippen LogP contribution in [-0.2, 0) is 25.4 Å². The number of rotatable bonds is 6. The quantitative estimate of drug-likeness (QED) is 0.239. The molecule has 1 aromatic heterocycles. The van der Waals surface area contributed by atoms with Gasteiger partial charge in [0.1, 0.15) is 5.69 Å². The third-order valence-corrected chi connectivity index (χ3v) is 9.59. The van der Waals surface area contributed by atoms with E-state index in [1.54, 1.807) is 30.4 Å². The number of Topliss-reactive ketones (excluding diaryl/α,β-unsaturated/α-hetero) is 1. The van der Waals surface area contributed by atoms with Gasteiger partial charge in [-0.3, -0.25) is 24.2 Å². The first-order valence-corrected chi connectivity index (χ1v) is 15.2. The SMILES string of the molecule is COc1cc(C=CC2C3=CCC4C(=O)N(N(C)c5nc(C(F)(F)F)ccc5Cl)C(=O)C4C3CC3=C2C(=O)C=C(C)C3=O)cc(OC)c1O. The summed E-state index contributed by atoms with van der Waals surface area (Å²) in [4.78, 5) is 58.4. The molecule has 0 spiro atoms. The summed E-state index contributed by atoms with van der Waals surface area (Å²) in [6.45, 7) is 1.53. The van der Waals surface area contributed by atoms with Crippen LogP contribution < -0.4 is 14.5 Å². The number of fused-ring (bicyclic) bond motifs is 3. The molecule has 4 aliphatic rings. The highest BCUT2D eigenvalue weighted by atomic mass is 35.5. The highest BCUT2D eigenvalue weighted by molar-refractivity contribution is 6.33. The van der Waals surface area contributed by atoms with Gasteiger partial charge in [0, 0.05) is 29.7 Å². The van der Waals surface area contributed by atoms with Crippen LogP contribution in [0.5, 0.6) is 17.2 Å². The number of phenolic OH excluding ortho intramolecular Hbond substituents is 1. The van der Waals surface area contributed by atoms with Gasteiger partial charge in [-0.2, -0.15) is 18.2 Å². The second kappa shape index (κ2) is 12.0. The number of hydrogen-bond acceptors (Lipinski definition) is 9. The van der Waals surface area contributed by atoms with E-state index in [1.165, 1.54) is 34.3 Å². The van der Waals surface area contributed by atoms with Crippen molar-refractivity contribution in [1.82, 2.24) is 9.99 Å². The number of anilines is 1. The molecule has 2 amide bonds. The van der Waals surface area contributed by atoms with Crippen molar-refractivity contribution in [3.8, 4) is 17.2 Å². The van der Waals surface area contributed by atoms with E-state index in [-0.39, 0.29) is 63.4 Å². The Balaban J connectivity index is 1.40. The van der Waals surface area contributed by atoms with E-state index in [2.05, 4.69) is 4.98 Å². The molecule has 2 heterocycles. The summed E-state index contributed by atoms with van der Waals surface area (Å²) in [5, 5.41) is 11.8. The van der Waals surface area contributed by atoms with Crippen LogP contribution in [0.3, 0.4) is 0 Å². The number of pyridine rings is 1. The number of ketones is 2. The maximum Gasteiger partial charge on any atom is 0.433 e. The number of methoxy groups -OCH3 is 2. The van der Waals surface area contributed by atoms with Gasteiger partial charge >= 0.3 is 6.18 Å². The summed E-state index contributed by atoms with van der Waals surface area (Å²) in [7, 11) is 4.00. The number of hydrazine groups is 1. The van der Waals surface area contributed by atoms with Crippen molar-refractivity contribution in [2.45, 2.75) is 25.9 Å². The lowest BCUT2D eigenvalue weighted by atomic mass is 9.60. The Morgan fingerprint density at radius 3 is 2.35 bits per heavy atom. The number of aromatic nitrogens is 1. The minimum atomic E-state index is -4.80. The smallest absolute Gasteiger partial charge is 0.433 e. The second-order valence-corrected chi connectivity index (χ2v) is 12.3. The predicted molar refractivity (Wildman–Crippen MR) is 167 cm³/mol. The number of alkyl halides is 3. The summed E-state index contributed by atoms with van der Waals surface area (Å²) >= 11 is 6.20. The maximum atomic E-state index is 14.1. The highest BCUT2D eigenvalue weighted by Gasteiger charge is 2.57. The number of allylic oxidation sites excluding steroid dienone is 7. The van der Waals surface area contributed by atoms with E-state index in [4.69, 9.17) is 21.1 Å². The first-order chi connectivity index (χ1) is 22.7. The van der Waals surface area contributed by atoms with Crippen LogP contribution in [0.1, 0.15) is 31.0 Å². The maximum absolute atomic E-state index is 14.1. The average molecular weight is 684 g/mol. The molecule has 0 saturated carbocycles. The van der Waals surface area contributed by atoms with E-state index >= 15 is 0 Å². The number of carbonyl (C=O) groups is 4. The number of phenols is 1. The fourth-order valence-electron chi connectivity index (χ4n) is 7.07. The Kier molecular flexibility index (Phi) is 8.22. The Morgan fingerprint density at radius 1 is 1.06 bits per heavy atom. The number of nitrogens with zero attached hydrogens (tertiary/aromatic N) is 3. The van der Waals surface area contributed by atoms with Crippen LogP contribution in [0.2, 0.25) is 5.02 Å². The molecule has 3 aliphatic carbocycles. The van der Waals surface area contributed by atoms with Crippen molar-refractivity contribution in [3.63, 3.8) is 0 Å². The standard InChI is InChI=1S/C34H29ClF3N3O7/c1-15-11-23(42)27-18(6-5-16-12-24(47-3)30(44)25(13-16)48-4)17-7-8-19-28(20(17)14-21(27)29(15)43)33(46)41(32(19)45)40(2)31-22(35)9-10-26(39-31)34(36,37)38/h5-7,9-13,18-20,28,44H,8,14H2,1-4H3. The zero-order valence-electron chi connectivity index (χ0n) is 26.1. The lowest BCUT2D eigenvalue weighted by molar-refractivity contribution is -0.141. The zero-order valence-corrected chi connectivity index (χ0v) is 26.8. The van der Waals surface area contributed by atoms with Gasteiger partial charge in [-0.25, -0.2) is 4.98 Å². The Bertz CT molecular complexity index is 1890. The number of hydrogen-bond donors (Lipinski definition) is 1. The first kappa shape index (κ1) is 33.0. The van der Waals surface area contributed by atoms with Gasteiger partial charge in [-0.15, -0.1) is 0 Å². The summed E-state index contributed by atoms with van der Waals surface area (Å²) in [5.41, 5.74) is 0.725. The third-order valence-electron chi connectivity index (χ3n) is 9.29. The van der Waals surface area contributed by atoms with Crippen molar-refractivity contribution in [2.24, 2.45) is 23.7 Å². The largest absolute Gasteiger partial charge is 0.502 e. The molecule has 1 fully saturated rings. The van der Waals surface area contributed by atoms with E-state index in [9.17, 15) is 37.5 Å². The van der Waals surface area contributed by atoms with Crippen molar-refractivity contribution < 1.29 is 46.9 Å². The van der Waals surface area contributed by atoms with Gasteiger partial charge in [0.25, 0.3) is 11.8 Å². The zero-order chi connectivity index (χ0) is 34.8. The number of ether oxygens (including phenoxy) is 2. The number of amides is 2. The number of carbonyl (C=O) groups excluding carboxylic acids is 4. The van der Waals surface area contributed by atoms with E-state index in [1.807, 2.05) is 0 Å². The molecular formula is C34H29ClF3N3O7. The van der Waals surface area contributed by atoms with Crippen molar-refractivity contribution in [1.29, 1.82) is 0 Å². The normalized spacial score (nSPS) is 24.0. The van der Waals surface area contributed by atoms with Crippen LogP contribution >= 0.6 is 11.6 Å². The van der Waals surface area contributed by atoms with Gasteiger partial charge in [0.2, 0.25) is 5.75 Å². The number of benzene rings is 1. The monoisotopic (exact) mass is 683 g/mol. The number of imide groups is 1. The number of aromatic hydroxyl groups is 1. The molecule has 1 aromatic carbocycles. The lowest BCUT2D eigenvalue weighted by Crippen LogP contribution is -2.46. The average Bonchev–Trinajstić information content (AvgIpc) is 3.30. The molecule has 0 bridgehead atoms. The van der Waals surface area contributed by atoms with Crippen molar-refractivity contribution in [3.05, 3.63) is 81.1 Å². The van der Waals surface area contributed by atoms with Crippen molar-refractivity contribution >= 4 is 46.9 Å². The van der Waals surface area contributed by atoms with Gasteiger partial charge in [0.15, 0.2) is 28.9 Å². The molecule has 1 N–H and O–H groups in total. The van der Waals surface area contributed by atoms with Crippen LogP contribution in [0.4, 0.5) is 19.0 Å². The summed E-state index contributed by atoms with van der Waals surface area (Å²) in [6, 6.07) is 4.82. The minimum absolute atomic E-state index is 0.0163. The first-order valence-electron chi connectivity index (χ1n) is 14.9. The molecule has 1 saturated heterocycles. The molecular weight excluding hydrogens is 655 g/mol. The third kappa shape index (κ3) is 5.26. The van der Waals surface area contributed by atoms with Crippen LogP contribution in [0.15, 0.2) is 64.8 Å².